The molecule has 3 rings (SSSR count). The zero-order valence-corrected chi connectivity index (χ0v) is 16.0. The molecular weight excluding hydrogens is 401 g/mol. The normalized spacial score (nSPS) is 14.2. The Hall–Kier alpha value is -2.47. The van der Waals surface area contributed by atoms with E-state index in [0.29, 0.717) is 26.9 Å². The predicted octanol–water partition coefficient (Wildman–Crippen LogP) is 4.35. The highest BCUT2D eigenvalue weighted by Crippen LogP contribution is 2.38. The number of aryl methyl sites for hydroxylation is 1. The Morgan fingerprint density at radius 3 is 2.69 bits per heavy atom. The van der Waals surface area contributed by atoms with Gasteiger partial charge in [0.15, 0.2) is 0 Å². The second-order valence-electron chi connectivity index (χ2n) is 6.04. The molecule has 0 saturated carbocycles. The highest BCUT2D eigenvalue weighted by atomic mass is 79.9. The number of hydrogen-bond donors (Lipinski definition) is 0. The van der Waals surface area contributed by atoms with Crippen LogP contribution in [-0.2, 0) is 20.9 Å². The van der Waals surface area contributed by atoms with Crippen LogP contribution in [0, 0.1) is 12.7 Å². The molecule has 1 aliphatic rings. The topological polar surface area (TPSA) is 46.6 Å². The number of nitrogens with zero attached hydrogens (tertiary/aromatic N) is 1. The summed E-state index contributed by atoms with van der Waals surface area (Å²) in [5, 5.41) is 0. The molecular formula is C20H17BrFNO3. The van der Waals surface area contributed by atoms with Gasteiger partial charge >= 0.3 is 5.97 Å². The Bertz CT molecular complexity index is 923. The number of rotatable bonds is 3. The molecule has 0 N–H and O–H groups in total. The first-order valence-electron chi connectivity index (χ1n) is 8.04. The number of benzene rings is 2. The third-order valence-corrected chi connectivity index (χ3v) is 5.24. The van der Waals surface area contributed by atoms with E-state index in [-0.39, 0.29) is 30.3 Å². The molecule has 2 aromatic carbocycles. The summed E-state index contributed by atoms with van der Waals surface area (Å²) in [6.07, 6.45) is -0.101. The monoisotopic (exact) mass is 417 g/mol. The van der Waals surface area contributed by atoms with Crippen molar-refractivity contribution in [2.45, 2.75) is 19.9 Å². The average Bonchev–Trinajstić information content (AvgIpc) is 2.74. The molecule has 0 fully saturated rings. The van der Waals surface area contributed by atoms with Gasteiger partial charge in [-0.25, -0.2) is 9.18 Å². The summed E-state index contributed by atoms with van der Waals surface area (Å²) < 4.78 is 19.2. The van der Waals surface area contributed by atoms with Crippen molar-refractivity contribution in [3.05, 3.63) is 70.5 Å². The Morgan fingerprint density at radius 2 is 2.00 bits per heavy atom. The van der Waals surface area contributed by atoms with E-state index in [2.05, 4.69) is 15.9 Å². The molecule has 1 heterocycles. The molecule has 4 nitrogen and oxygen atoms in total. The van der Waals surface area contributed by atoms with E-state index in [1.54, 1.807) is 30.0 Å². The average molecular weight is 418 g/mol. The van der Waals surface area contributed by atoms with Gasteiger partial charge in [-0.1, -0.05) is 30.3 Å². The molecule has 1 aliphatic heterocycles. The van der Waals surface area contributed by atoms with Crippen LogP contribution in [0.5, 0.6) is 0 Å². The van der Waals surface area contributed by atoms with Crippen LogP contribution in [0.2, 0.25) is 0 Å². The Kier molecular flexibility index (Phi) is 5.23. The molecule has 0 aromatic heterocycles. The Balaban J connectivity index is 2.06. The van der Waals surface area contributed by atoms with Gasteiger partial charge in [0.05, 0.1) is 31.3 Å². The summed E-state index contributed by atoms with van der Waals surface area (Å²) in [6.45, 7) is 1.90. The zero-order chi connectivity index (χ0) is 18.8. The van der Waals surface area contributed by atoms with Gasteiger partial charge in [-0.2, -0.15) is 0 Å². The van der Waals surface area contributed by atoms with Crippen molar-refractivity contribution >= 4 is 38.0 Å². The van der Waals surface area contributed by atoms with Crippen molar-refractivity contribution in [3.63, 3.8) is 0 Å². The van der Waals surface area contributed by atoms with E-state index in [1.165, 1.54) is 13.2 Å². The first-order chi connectivity index (χ1) is 12.4. The van der Waals surface area contributed by atoms with Crippen molar-refractivity contribution in [2.24, 2.45) is 0 Å². The third kappa shape index (κ3) is 3.42. The van der Waals surface area contributed by atoms with E-state index in [4.69, 9.17) is 4.74 Å². The lowest BCUT2D eigenvalue weighted by atomic mass is 10.1. The lowest BCUT2D eigenvalue weighted by Crippen LogP contribution is -2.30. The van der Waals surface area contributed by atoms with Gasteiger partial charge in [-0.05, 0) is 46.1 Å². The maximum atomic E-state index is 13.9. The van der Waals surface area contributed by atoms with Crippen molar-refractivity contribution in [2.75, 3.05) is 12.0 Å². The van der Waals surface area contributed by atoms with Crippen LogP contribution in [0.3, 0.4) is 0 Å². The smallest absolute Gasteiger partial charge is 0.335 e. The molecule has 2 aromatic rings. The predicted molar refractivity (Wildman–Crippen MR) is 101 cm³/mol. The molecule has 0 bridgehead atoms. The van der Waals surface area contributed by atoms with E-state index < -0.39 is 5.97 Å². The highest BCUT2D eigenvalue weighted by molar-refractivity contribution is 9.15. The molecule has 0 spiro atoms. The van der Waals surface area contributed by atoms with Gasteiger partial charge in [-0.3, -0.25) is 4.79 Å². The van der Waals surface area contributed by atoms with Crippen molar-refractivity contribution < 1.29 is 18.7 Å². The molecule has 6 heteroatoms. The van der Waals surface area contributed by atoms with Crippen LogP contribution in [0.4, 0.5) is 10.1 Å². The maximum absolute atomic E-state index is 13.9. The molecule has 1 amide bonds. The molecule has 0 radical (unpaired) electrons. The molecule has 26 heavy (non-hydrogen) atoms. The highest BCUT2D eigenvalue weighted by Gasteiger charge is 2.30. The summed E-state index contributed by atoms with van der Waals surface area (Å²) in [4.78, 5) is 26.5. The number of anilines is 1. The van der Waals surface area contributed by atoms with Crippen LogP contribution in [0.1, 0.15) is 23.1 Å². The summed E-state index contributed by atoms with van der Waals surface area (Å²) in [5.74, 6) is -1.12. The minimum atomic E-state index is -0.553. The number of amides is 1. The number of halogens is 2. The van der Waals surface area contributed by atoms with E-state index in [9.17, 15) is 14.0 Å². The summed E-state index contributed by atoms with van der Waals surface area (Å²) in [6, 6.07) is 12.2. The SMILES string of the molecule is COC(=O)C1=C(Br)c2ccccc2N(Cc2ccc(C)c(F)c2)C(=O)C1. The van der Waals surface area contributed by atoms with Gasteiger partial charge in [-0.15, -0.1) is 0 Å². The molecule has 0 saturated heterocycles. The van der Waals surface area contributed by atoms with Gasteiger partial charge in [0.25, 0.3) is 0 Å². The minimum Gasteiger partial charge on any atom is -0.466 e. The van der Waals surface area contributed by atoms with Crippen molar-refractivity contribution in [1.82, 2.24) is 0 Å². The largest absolute Gasteiger partial charge is 0.466 e. The standard InChI is InChI=1S/C20H17BrFNO3/c1-12-7-8-13(9-16(12)22)11-23-17-6-4-3-5-14(17)19(21)15(10-18(23)24)20(25)26-2/h3-9H,10-11H2,1-2H3. The minimum absolute atomic E-state index is 0.101. The number of esters is 1. The molecule has 134 valence electrons. The van der Waals surface area contributed by atoms with Crippen LogP contribution >= 0.6 is 15.9 Å². The summed E-state index contributed by atoms with van der Waals surface area (Å²) in [5.41, 5.74) is 2.86. The first-order valence-corrected chi connectivity index (χ1v) is 8.83. The van der Waals surface area contributed by atoms with Crippen LogP contribution in [0.25, 0.3) is 4.48 Å². The maximum Gasteiger partial charge on any atom is 0.335 e. The van der Waals surface area contributed by atoms with Gasteiger partial charge < -0.3 is 9.64 Å². The number of para-hydroxylation sites is 1. The number of carbonyl (C=O) groups excluding carboxylic acids is 2. The third-order valence-electron chi connectivity index (χ3n) is 4.33. The fourth-order valence-corrected chi connectivity index (χ4v) is 3.53. The van der Waals surface area contributed by atoms with Crippen LogP contribution < -0.4 is 4.90 Å². The fourth-order valence-electron chi connectivity index (χ4n) is 2.89. The first kappa shape index (κ1) is 18.3. The van der Waals surface area contributed by atoms with Gasteiger partial charge in [0, 0.05) is 10.0 Å². The van der Waals surface area contributed by atoms with E-state index >= 15 is 0 Å². The van der Waals surface area contributed by atoms with Gasteiger partial charge in [0.2, 0.25) is 5.91 Å². The van der Waals surface area contributed by atoms with Crippen molar-refractivity contribution in [3.8, 4) is 0 Å². The van der Waals surface area contributed by atoms with E-state index in [0.717, 1.165) is 0 Å². The number of ether oxygens (including phenoxy) is 1. The summed E-state index contributed by atoms with van der Waals surface area (Å²) >= 11 is 3.45. The quantitative estimate of drug-likeness (QED) is 0.697. The number of hydrogen-bond acceptors (Lipinski definition) is 3. The van der Waals surface area contributed by atoms with Crippen molar-refractivity contribution in [1.29, 1.82) is 0 Å². The second kappa shape index (κ2) is 7.41. The Labute approximate surface area is 159 Å². The number of carbonyl (C=O) groups is 2. The van der Waals surface area contributed by atoms with E-state index in [1.807, 2.05) is 18.2 Å². The fraction of sp³-hybridized carbons (Fsp3) is 0.200. The van der Waals surface area contributed by atoms with Crippen LogP contribution in [0.15, 0.2) is 48.0 Å². The second-order valence-corrected chi connectivity index (χ2v) is 6.83. The lowest BCUT2D eigenvalue weighted by molar-refractivity contribution is -0.137. The number of methoxy groups -OCH3 is 1. The summed E-state index contributed by atoms with van der Waals surface area (Å²) in [7, 11) is 1.28. The lowest BCUT2D eigenvalue weighted by Gasteiger charge is -2.23. The van der Waals surface area contributed by atoms with Gasteiger partial charge in [0.1, 0.15) is 5.82 Å². The van der Waals surface area contributed by atoms with Crippen LogP contribution in [-0.4, -0.2) is 19.0 Å². The molecule has 0 atom stereocenters. The Morgan fingerprint density at radius 1 is 1.27 bits per heavy atom. The number of fused-ring (bicyclic) bond motifs is 1. The zero-order valence-electron chi connectivity index (χ0n) is 14.4. The molecule has 0 unspecified atom stereocenters. The molecule has 0 aliphatic carbocycles.